The minimum atomic E-state index is -0.330. The second kappa shape index (κ2) is 4.72. The van der Waals surface area contributed by atoms with Crippen LogP contribution in [0.25, 0.3) is 0 Å². The summed E-state index contributed by atoms with van der Waals surface area (Å²) in [6.45, 7) is 2.49. The molecule has 0 aromatic rings. The van der Waals surface area contributed by atoms with Crippen LogP contribution in [0.2, 0.25) is 0 Å². The fourth-order valence-electron chi connectivity index (χ4n) is 2.47. The standard InChI is InChI=1S/C12H22N2O2/c1-14-7-3-10(4-8-14)16-11(15)12(9-13)5-2-6-12/h10H,2-9,13H2,1H3. The van der Waals surface area contributed by atoms with E-state index in [1.807, 2.05) is 0 Å². The average Bonchev–Trinajstić information content (AvgIpc) is 2.21. The van der Waals surface area contributed by atoms with Crippen molar-refractivity contribution in [1.29, 1.82) is 0 Å². The van der Waals surface area contributed by atoms with Crippen LogP contribution in [0.5, 0.6) is 0 Å². The fourth-order valence-corrected chi connectivity index (χ4v) is 2.47. The molecule has 2 N–H and O–H groups in total. The molecule has 2 fully saturated rings. The van der Waals surface area contributed by atoms with Crippen LogP contribution in [0.4, 0.5) is 0 Å². The van der Waals surface area contributed by atoms with Gasteiger partial charge in [0.25, 0.3) is 0 Å². The normalized spacial score (nSPS) is 26.1. The Morgan fingerprint density at radius 2 is 2.06 bits per heavy atom. The maximum atomic E-state index is 12.0. The van der Waals surface area contributed by atoms with Gasteiger partial charge >= 0.3 is 5.97 Å². The Kier molecular flexibility index (Phi) is 3.50. The lowest BCUT2D eigenvalue weighted by atomic mass is 9.69. The van der Waals surface area contributed by atoms with Gasteiger partial charge in [-0.15, -0.1) is 0 Å². The van der Waals surface area contributed by atoms with Crippen molar-refractivity contribution < 1.29 is 9.53 Å². The van der Waals surface area contributed by atoms with Crippen molar-refractivity contribution in [3.63, 3.8) is 0 Å². The lowest BCUT2D eigenvalue weighted by molar-refractivity contribution is -0.168. The first-order valence-electron chi connectivity index (χ1n) is 6.26. The molecule has 0 aromatic carbocycles. The number of hydrogen-bond donors (Lipinski definition) is 1. The SMILES string of the molecule is CN1CCC(OC(=O)C2(CN)CCC2)CC1. The Labute approximate surface area is 97.1 Å². The molecule has 0 bridgehead atoms. The number of esters is 1. The molecule has 4 nitrogen and oxygen atoms in total. The van der Waals surface area contributed by atoms with Crippen molar-refractivity contribution in [2.45, 2.75) is 38.2 Å². The number of hydrogen-bond acceptors (Lipinski definition) is 4. The smallest absolute Gasteiger partial charge is 0.313 e. The van der Waals surface area contributed by atoms with E-state index < -0.39 is 0 Å². The number of piperidine rings is 1. The van der Waals surface area contributed by atoms with Crippen molar-refractivity contribution in [3.8, 4) is 0 Å². The summed E-state index contributed by atoms with van der Waals surface area (Å²) in [6.07, 6.45) is 4.97. The molecule has 1 heterocycles. The number of carbonyl (C=O) groups excluding carboxylic acids is 1. The van der Waals surface area contributed by atoms with E-state index in [2.05, 4.69) is 11.9 Å². The van der Waals surface area contributed by atoms with Gasteiger partial charge in [-0.1, -0.05) is 6.42 Å². The van der Waals surface area contributed by atoms with Crippen LogP contribution in [-0.4, -0.2) is 43.7 Å². The molecule has 0 radical (unpaired) electrons. The van der Waals surface area contributed by atoms with Gasteiger partial charge in [0.05, 0.1) is 5.41 Å². The molecule has 0 amide bonds. The Hall–Kier alpha value is -0.610. The molecule has 2 rings (SSSR count). The molecule has 0 atom stereocenters. The summed E-state index contributed by atoms with van der Waals surface area (Å²) < 4.78 is 5.59. The van der Waals surface area contributed by atoms with E-state index in [1.54, 1.807) is 0 Å². The van der Waals surface area contributed by atoms with Crippen molar-refractivity contribution in [1.82, 2.24) is 4.90 Å². The van der Waals surface area contributed by atoms with Crippen LogP contribution < -0.4 is 5.73 Å². The highest BCUT2D eigenvalue weighted by Gasteiger charge is 2.45. The second-order valence-electron chi connectivity index (χ2n) is 5.25. The third-order valence-electron chi connectivity index (χ3n) is 4.07. The summed E-state index contributed by atoms with van der Waals surface area (Å²) in [4.78, 5) is 14.3. The monoisotopic (exact) mass is 226 g/mol. The number of likely N-dealkylation sites (tertiary alicyclic amines) is 1. The molecule has 1 aliphatic heterocycles. The van der Waals surface area contributed by atoms with Crippen LogP contribution in [0.1, 0.15) is 32.1 Å². The maximum absolute atomic E-state index is 12.0. The van der Waals surface area contributed by atoms with Crippen molar-refractivity contribution >= 4 is 5.97 Å². The van der Waals surface area contributed by atoms with E-state index in [9.17, 15) is 4.79 Å². The number of rotatable bonds is 3. The first-order chi connectivity index (χ1) is 7.66. The molecule has 1 saturated heterocycles. The highest BCUT2D eigenvalue weighted by atomic mass is 16.5. The van der Waals surface area contributed by atoms with E-state index >= 15 is 0 Å². The van der Waals surface area contributed by atoms with E-state index in [0.717, 1.165) is 45.2 Å². The van der Waals surface area contributed by atoms with Crippen LogP contribution >= 0.6 is 0 Å². The Morgan fingerprint density at radius 3 is 2.50 bits per heavy atom. The summed E-state index contributed by atoms with van der Waals surface area (Å²) in [5, 5.41) is 0. The molecule has 92 valence electrons. The topological polar surface area (TPSA) is 55.6 Å². The van der Waals surface area contributed by atoms with Crippen LogP contribution in [0, 0.1) is 5.41 Å². The molecule has 1 aliphatic carbocycles. The first kappa shape index (κ1) is 11.9. The van der Waals surface area contributed by atoms with Crippen molar-refractivity contribution in [3.05, 3.63) is 0 Å². The van der Waals surface area contributed by atoms with Crippen LogP contribution in [0.15, 0.2) is 0 Å². The molecule has 1 saturated carbocycles. The van der Waals surface area contributed by atoms with Gasteiger partial charge in [0, 0.05) is 19.6 Å². The highest BCUT2D eigenvalue weighted by molar-refractivity contribution is 5.78. The molecule has 2 aliphatic rings. The third kappa shape index (κ3) is 2.23. The Balaban J connectivity index is 1.83. The quantitative estimate of drug-likeness (QED) is 0.722. The molecule has 0 unspecified atom stereocenters. The van der Waals surface area contributed by atoms with Gasteiger partial charge < -0.3 is 15.4 Å². The first-order valence-corrected chi connectivity index (χ1v) is 6.26. The number of nitrogens with two attached hydrogens (primary N) is 1. The summed E-state index contributed by atoms with van der Waals surface area (Å²) in [5.74, 6) is -0.0456. The minimum absolute atomic E-state index is 0.0456. The molecular formula is C12H22N2O2. The zero-order valence-corrected chi connectivity index (χ0v) is 10.1. The summed E-state index contributed by atoms with van der Waals surface area (Å²) in [7, 11) is 2.10. The summed E-state index contributed by atoms with van der Waals surface area (Å²) in [5.41, 5.74) is 5.36. The maximum Gasteiger partial charge on any atom is 0.313 e. The third-order valence-corrected chi connectivity index (χ3v) is 4.07. The Bertz CT molecular complexity index is 250. The minimum Gasteiger partial charge on any atom is -0.462 e. The zero-order valence-electron chi connectivity index (χ0n) is 10.1. The number of carbonyl (C=O) groups is 1. The van der Waals surface area contributed by atoms with Gasteiger partial charge in [-0.25, -0.2) is 0 Å². The predicted molar refractivity (Wildman–Crippen MR) is 61.9 cm³/mol. The largest absolute Gasteiger partial charge is 0.462 e. The predicted octanol–water partition coefficient (Wildman–Crippen LogP) is 0.753. The summed E-state index contributed by atoms with van der Waals surface area (Å²) in [6, 6.07) is 0. The van der Waals surface area contributed by atoms with E-state index in [0.29, 0.717) is 6.54 Å². The van der Waals surface area contributed by atoms with Crippen molar-refractivity contribution in [2.24, 2.45) is 11.1 Å². The van der Waals surface area contributed by atoms with E-state index in [-0.39, 0.29) is 17.5 Å². The van der Waals surface area contributed by atoms with Crippen LogP contribution in [-0.2, 0) is 9.53 Å². The van der Waals surface area contributed by atoms with Gasteiger partial charge in [-0.05, 0) is 32.7 Å². The van der Waals surface area contributed by atoms with Gasteiger partial charge in [0.2, 0.25) is 0 Å². The van der Waals surface area contributed by atoms with E-state index in [1.165, 1.54) is 0 Å². The van der Waals surface area contributed by atoms with Gasteiger partial charge in [-0.3, -0.25) is 4.79 Å². The van der Waals surface area contributed by atoms with Gasteiger partial charge in [0.15, 0.2) is 0 Å². The summed E-state index contributed by atoms with van der Waals surface area (Å²) >= 11 is 0. The van der Waals surface area contributed by atoms with Crippen LogP contribution in [0.3, 0.4) is 0 Å². The Morgan fingerprint density at radius 1 is 1.44 bits per heavy atom. The van der Waals surface area contributed by atoms with Crippen molar-refractivity contribution in [2.75, 3.05) is 26.7 Å². The lowest BCUT2D eigenvalue weighted by Crippen LogP contribution is -2.47. The average molecular weight is 226 g/mol. The molecule has 0 spiro atoms. The van der Waals surface area contributed by atoms with Gasteiger partial charge in [0.1, 0.15) is 6.10 Å². The highest BCUT2D eigenvalue weighted by Crippen LogP contribution is 2.41. The van der Waals surface area contributed by atoms with E-state index in [4.69, 9.17) is 10.5 Å². The molecule has 0 aromatic heterocycles. The zero-order chi connectivity index (χ0) is 11.6. The molecule has 4 heteroatoms. The lowest BCUT2D eigenvalue weighted by Gasteiger charge is -2.40. The second-order valence-corrected chi connectivity index (χ2v) is 5.25. The molecular weight excluding hydrogens is 204 g/mol. The fraction of sp³-hybridized carbons (Fsp3) is 0.917. The number of nitrogens with zero attached hydrogens (tertiary/aromatic N) is 1. The number of ether oxygens (including phenoxy) is 1. The van der Waals surface area contributed by atoms with Gasteiger partial charge in [-0.2, -0.15) is 0 Å². The molecule has 16 heavy (non-hydrogen) atoms.